The lowest BCUT2D eigenvalue weighted by Crippen LogP contribution is -2.17. The fraction of sp³-hybridized carbons (Fsp3) is 0.100. The van der Waals surface area contributed by atoms with Crippen molar-refractivity contribution in [3.63, 3.8) is 0 Å². The maximum atomic E-state index is 11.4. The highest BCUT2D eigenvalue weighted by Crippen LogP contribution is 2.14. The van der Waals surface area contributed by atoms with Gasteiger partial charge in [-0.3, -0.25) is 9.78 Å². The van der Waals surface area contributed by atoms with E-state index < -0.39 is 0 Å². The summed E-state index contributed by atoms with van der Waals surface area (Å²) < 4.78 is 0. The molecule has 2 rings (SSSR count). The summed E-state index contributed by atoms with van der Waals surface area (Å²) in [6, 6.07) is 6.84. The van der Waals surface area contributed by atoms with Crippen LogP contribution in [0.1, 0.15) is 10.4 Å². The molecular weight excluding hydrogens is 208 g/mol. The van der Waals surface area contributed by atoms with E-state index in [1.54, 1.807) is 31.3 Å². The summed E-state index contributed by atoms with van der Waals surface area (Å²) in [4.78, 5) is 24.8. The smallest absolute Gasteiger partial charge is 0.340 e. The molecule has 0 aliphatic rings. The second-order valence-corrected chi connectivity index (χ2v) is 3.19. The second-order valence-electron chi connectivity index (χ2n) is 3.19. The largest absolute Gasteiger partial charge is 0.355 e. The lowest BCUT2D eigenvalue weighted by molar-refractivity contribution is 0.0963. The summed E-state index contributed by atoms with van der Waals surface area (Å²) in [6.45, 7) is 0. The molecule has 3 N–H and O–H groups in total. The number of benzene rings is 1. The Morgan fingerprint density at radius 1 is 1.44 bits per heavy atom. The normalized spacial score (nSPS) is 10.1. The molecule has 1 aromatic heterocycles. The minimum absolute atomic E-state index is 0.181. The highest BCUT2D eigenvalue weighted by Gasteiger charge is 2.06. The van der Waals surface area contributed by atoms with E-state index in [9.17, 15) is 9.59 Å². The number of aromatic amines is 2. The highest BCUT2D eigenvalue weighted by molar-refractivity contribution is 5.95. The Hall–Kier alpha value is -2.37. The number of amides is 1. The number of carbonyl (C=O) groups excluding carboxylic acids is 1. The standard InChI is InChI=1S/C10H10N4O2/c1-11-9(15)7-4-2-3-6(5-7)8-12-10(16)14-13-8/h2-5H,1H3,(H,11,15)(H2,12,13,14,16). The Balaban J connectivity index is 2.43. The lowest BCUT2D eigenvalue weighted by Gasteiger charge is -2.01. The maximum absolute atomic E-state index is 11.4. The number of hydrogen-bond acceptors (Lipinski definition) is 3. The van der Waals surface area contributed by atoms with Crippen LogP contribution in [-0.2, 0) is 0 Å². The predicted molar refractivity (Wildman–Crippen MR) is 58.0 cm³/mol. The predicted octanol–water partition coefficient (Wildman–Crippen LogP) is 0.125. The van der Waals surface area contributed by atoms with Gasteiger partial charge in [0.25, 0.3) is 5.91 Å². The first-order chi connectivity index (χ1) is 7.70. The molecule has 0 radical (unpaired) electrons. The van der Waals surface area contributed by atoms with E-state index in [0.29, 0.717) is 17.0 Å². The van der Waals surface area contributed by atoms with Crippen LogP contribution >= 0.6 is 0 Å². The molecule has 0 saturated heterocycles. The van der Waals surface area contributed by atoms with Crippen molar-refractivity contribution in [1.82, 2.24) is 20.5 Å². The summed E-state index contributed by atoms with van der Waals surface area (Å²) in [7, 11) is 1.56. The van der Waals surface area contributed by atoms with Gasteiger partial charge in [0.2, 0.25) is 0 Å². The first-order valence-electron chi connectivity index (χ1n) is 4.68. The first-order valence-corrected chi connectivity index (χ1v) is 4.68. The van der Waals surface area contributed by atoms with Crippen LogP contribution in [0.25, 0.3) is 11.4 Å². The molecule has 0 aliphatic carbocycles. The number of nitrogens with zero attached hydrogens (tertiary/aromatic N) is 1. The summed E-state index contributed by atoms with van der Waals surface area (Å²) in [5.74, 6) is 0.232. The van der Waals surface area contributed by atoms with Crippen molar-refractivity contribution in [2.75, 3.05) is 7.05 Å². The van der Waals surface area contributed by atoms with Crippen LogP contribution in [0.4, 0.5) is 0 Å². The second kappa shape index (κ2) is 4.01. The highest BCUT2D eigenvalue weighted by atomic mass is 16.2. The third-order valence-corrected chi connectivity index (χ3v) is 2.13. The molecule has 0 spiro atoms. The molecule has 0 aliphatic heterocycles. The van der Waals surface area contributed by atoms with Crippen molar-refractivity contribution in [1.29, 1.82) is 0 Å². The molecule has 0 unspecified atom stereocenters. The Bertz CT molecular complexity index is 570. The number of nitrogens with one attached hydrogen (secondary N) is 3. The molecule has 6 nitrogen and oxygen atoms in total. The van der Waals surface area contributed by atoms with Crippen molar-refractivity contribution in [3.05, 3.63) is 40.3 Å². The summed E-state index contributed by atoms with van der Waals surface area (Å²) in [6.07, 6.45) is 0. The SMILES string of the molecule is CNC(=O)c1cccc(-c2n[nH]c(=O)[nH]2)c1. The average Bonchev–Trinajstić information content (AvgIpc) is 2.75. The topological polar surface area (TPSA) is 90.6 Å². The van der Waals surface area contributed by atoms with Gasteiger partial charge in [0, 0.05) is 18.2 Å². The maximum Gasteiger partial charge on any atom is 0.340 e. The number of H-pyrrole nitrogens is 2. The Morgan fingerprint density at radius 3 is 2.88 bits per heavy atom. The fourth-order valence-electron chi connectivity index (χ4n) is 1.36. The molecule has 6 heteroatoms. The number of carbonyl (C=O) groups is 1. The van der Waals surface area contributed by atoms with E-state index in [1.807, 2.05) is 0 Å². The number of hydrogen-bond donors (Lipinski definition) is 3. The van der Waals surface area contributed by atoms with Crippen LogP contribution in [0.15, 0.2) is 29.1 Å². The van der Waals surface area contributed by atoms with E-state index in [1.165, 1.54) is 0 Å². The monoisotopic (exact) mass is 218 g/mol. The van der Waals surface area contributed by atoms with Gasteiger partial charge >= 0.3 is 5.69 Å². The van der Waals surface area contributed by atoms with Crippen molar-refractivity contribution in [3.8, 4) is 11.4 Å². The minimum atomic E-state index is -0.375. The zero-order valence-electron chi connectivity index (χ0n) is 8.57. The molecule has 1 aromatic carbocycles. The molecule has 0 saturated carbocycles. The van der Waals surface area contributed by atoms with E-state index in [2.05, 4.69) is 20.5 Å². The fourth-order valence-corrected chi connectivity index (χ4v) is 1.36. The van der Waals surface area contributed by atoms with Crippen molar-refractivity contribution >= 4 is 5.91 Å². The van der Waals surface area contributed by atoms with Crippen LogP contribution in [0.3, 0.4) is 0 Å². The Labute approximate surface area is 90.7 Å². The van der Waals surface area contributed by atoms with Gasteiger partial charge in [0.1, 0.15) is 0 Å². The quantitative estimate of drug-likeness (QED) is 0.668. The van der Waals surface area contributed by atoms with Gasteiger partial charge in [-0.05, 0) is 12.1 Å². The third-order valence-electron chi connectivity index (χ3n) is 2.13. The molecule has 16 heavy (non-hydrogen) atoms. The van der Waals surface area contributed by atoms with Gasteiger partial charge in [-0.1, -0.05) is 12.1 Å². The van der Waals surface area contributed by atoms with Crippen LogP contribution in [0.5, 0.6) is 0 Å². The molecule has 2 aromatic rings. The molecular formula is C10H10N4O2. The zero-order chi connectivity index (χ0) is 11.5. The van der Waals surface area contributed by atoms with Crippen LogP contribution in [0, 0.1) is 0 Å². The number of aromatic nitrogens is 3. The minimum Gasteiger partial charge on any atom is -0.355 e. The van der Waals surface area contributed by atoms with Gasteiger partial charge in [-0.2, -0.15) is 5.10 Å². The number of rotatable bonds is 2. The molecule has 0 fully saturated rings. The molecule has 1 amide bonds. The zero-order valence-corrected chi connectivity index (χ0v) is 8.57. The van der Waals surface area contributed by atoms with Crippen molar-refractivity contribution in [2.24, 2.45) is 0 Å². The lowest BCUT2D eigenvalue weighted by atomic mass is 10.1. The van der Waals surface area contributed by atoms with Crippen LogP contribution < -0.4 is 11.0 Å². The van der Waals surface area contributed by atoms with E-state index in [-0.39, 0.29) is 11.6 Å². The van der Waals surface area contributed by atoms with Gasteiger partial charge in [0.05, 0.1) is 0 Å². The third kappa shape index (κ3) is 1.85. The van der Waals surface area contributed by atoms with Crippen LogP contribution in [-0.4, -0.2) is 28.1 Å². The van der Waals surface area contributed by atoms with E-state index in [0.717, 1.165) is 0 Å². The van der Waals surface area contributed by atoms with Gasteiger partial charge < -0.3 is 5.32 Å². The van der Waals surface area contributed by atoms with Gasteiger partial charge in [0.15, 0.2) is 5.82 Å². The summed E-state index contributed by atoms with van der Waals surface area (Å²) in [5, 5.41) is 8.58. The summed E-state index contributed by atoms with van der Waals surface area (Å²) in [5.41, 5.74) is 0.823. The van der Waals surface area contributed by atoms with Gasteiger partial charge in [-0.15, -0.1) is 0 Å². The van der Waals surface area contributed by atoms with E-state index >= 15 is 0 Å². The van der Waals surface area contributed by atoms with Crippen LogP contribution in [0.2, 0.25) is 0 Å². The van der Waals surface area contributed by atoms with E-state index in [4.69, 9.17) is 0 Å². The summed E-state index contributed by atoms with van der Waals surface area (Å²) >= 11 is 0. The molecule has 0 bridgehead atoms. The average molecular weight is 218 g/mol. The first kappa shape index (κ1) is 10.2. The van der Waals surface area contributed by atoms with Crippen molar-refractivity contribution < 1.29 is 4.79 Å². The Kier molecular flexibility index (Phi) is 2.55. The molecule has 1 heterocycles. The molecule has 0 atom stereocenters. The van der Waals surface area contributed by atoms with Gasteiger partial charge in [-0.25, -0.2) is 9.89 Å². The Morgan fingerprint density at radius 2 is 2.25 bits per heavy atom. The van der Waals surface area contributed by atoms with Crippen molar-refractivity contribution in [2.45, 2.75) is 0 Å². The molecule has 82 valence electrons.